The minimum absolute atomic E-state index is 0.0321. The van der Waals surface area contributed by atoms with Gasteiger partial charge in [-0.1, -0.05) is 60.7 Å². The molecule has 0 amide bonds. The van der Waals surface area contributed by atoms with Gasteiger partial charge in [-0.3, -0.25) is 9.59 Å². The van der Waals surface area contributed by atoms with E-state index in [4.69, 9.17) is 9.47 Å². The van der Waals surface area contributed by atoms with E-state index in [0.717, 1.165) is 22.6 Å². The van der Waals surface area contributed by atoms with Crippen LogP contribution in [0.25, 0.3) is 12.2 Å². The van der Waals surface area contributed by atoms with E-state index in [0.29, 0.717) is 22.3 Å². The molecular weight excluding hydrogens is 424 g/mol. The summed E-state index contributed by atoms with van der Waals surface area (Å²) in [6, 6.07) is 29.1. The summed E-state index contributed by atoms with van der Waals surface area (Å²) in [6.45, 7) is 0. The van der Waals surface area contributed by atoms with Crippen LogP contribution in [0.3, 0.4) is 0 Å². The highest BCUT2D eigenvalue weighted by molar-refractivity contribution is 6.09. The van der Waals surface area contributed by atoms with E-state index in [1.807, 2.05) is 60.7 Å². The standard InChI is InChI=1S/C30H24O4/c1-33-27-17-13-25(14-18-27)29(31)23-9-5-21(6-10-23)3-4-22-7-11-24(12-8-22)30(32)26-15-19-28(34-2)20-16-26/h3-20H,1-2H3/b4-3+. The van der Waals surface area contributed by atoms with Gasteiger partial charge in [-0.05, 0) is 59.7 Å². The first-order valence-corrected chi connectivity index (χ1v) is 10.8. The Balaban J connectivity index is 1.41. The average Bonchev–Trinajstić information content (AvgIpc) is 2.92. The van der Waals surface area contributed by atoms with Crippen LogP contribution in [0.15, 0.2) is 97.1 Å². The molecule has 0 N–H and O–H groups in total. The predicted octanol–water partition coefficient (Wildman–Crippen LogP) is 6.34. The lowest BCUT2D eigenvalue weighted by atomic mass is 10.0. The fraction of sp³-hybridized carbons (Fsp3) is 0.0667. The molecule has 4 aromatic carbocycles. The second kappa shape index (κ2) is 10.5. The predicted molar refractivity (Wildman–Crippen MR) is 135 cm³/mol. The number of ether oxygens (including phenoxy) is 2. The normalized spacial score (nSPS) is 10.8. The van der Waals surface area contributed by atoms with Gasteiger partial charge >= 0.3 is 0 Å². The van der Waals surface area contributed by atoms with Crippen molar-refractivity contribution in [2.75, 3.05) is 14.2 Å². The largest absolute Gasteiger partial charge is 0.497 e. The molecule has 4 aromatic rings. The lowest BCUT2D eigenvalue weighted by Crippen LogP contribution is -2.01. The third kappa shape index (κ3) is 5.30. The minimum Gasteiger partial charge on any atom is -0.497 e. The fourth-order valence-electron chi connectivity index (χ4n) is 3.50. The molecule has 34 heavy (non-hydrogen) atoms. The summed E-state index contributed by atoms with van der Waals surface area (Å²) in [4.78, 5) is 25.3. The summed E-state index contributed by atoms with van der Waals surface area (Å²) in [6.07, 6.45) is 3.95. The summed E-state index contributed by atoms with van der Waals surface area (Å²) in [5, 5.41) is 0. The lowest BCUT2D eigenvalue weighted by molar-refractivity contribution is 0.103. The second-order valence-corrected chi connectivity index (χ2v) is 7.69. The third-order valence-corrected chi connectivity index (χ3v) is 5.52. The molecule has 168 valence electrons. The molecule has 4 nitrogen and oxygen atoms in total. The monoisotopic (exact) mass is 448 g/mol. The van der Waals surface area contributed by atoms with Crippen LogP contribution in [0.2, 0.25) is 0 Å². The second-order valence-electron chi connectivity index (χ2n) is 7.69. The highest BCUT2D eigenvalue weighted by atomic mass is 16.5. The summed E-state index contributed by atoms with van der Waals surface area (Å²) < 4.78 is 10.3. The Morgan fingerprint density at radius 3 is 1.00 bits per heavy atom. The molecule has 0 aromatic heterocycles. The van der Waals surface area contributed by atoms with Crippen LogP contribution in [0.1, 0.15) is 43.0 Å². The van der Waals surface area contributed by atoms with Crippen molar-refractivity contribution in [3.05, 3.63) is 130 Å². The van der Waals surface area contributed by atoms with Gasteiger partial charge in [0.25, 0.3) is 0 Å². The number of methoxy groups -OCH3 is 2. The van der Waals surface area contributed by atoms with E-state index in [-0.39, 0.29) is 11.6 Å². The number of hydrogen-bond donors (Lipinski definition) is 0. The van der Waals surface area contributed by atoms with E-state index in [2.05, 4.69) is 0 Å². The maximum absolute atomic E-state index is 12.7. The Hall–Kier alpha value is -4.44. The van der Waals surface area contributed by atoms with Crippen LogP contribution in [-0.4, -0.2) is 25.8 Å². The van der Waals surface area contributed by atoms with E-state index >= 15 is 0 Å². The van der Waals surface area contributed by atoms with Crippen LogP contribution in [0.4, 0.5) is 0 Å². The SMILES string of the molecule is COc1ccc(C(=O)c2ccc(/C=C/c3ccc(C(=O)c4ccc(OC)cc4)cc3)cc2)cc1. The van der Waals surface area contributed by atoms with Gasteiger partial charge in [0.15, 0.2) is 11.6 Å². The Kier molecular flexibility index (Phi) is 6.99. The maximum Gasteiger partial charge on any atom is 0.193 e. The molecule has 0 saturated heterocycles. The van der Waals surface area contributed by atoms with Crippen molar-refractivity contribution in [1.29, 1.82) is 0 Å². The molecule has 4 rings (SSSR count). The summed E-state index contributed by atoms with van der Waals surface area (Å²) in [7, 11) is 3.19. The van der Waals surface area contributed by atoms with Gasteiger partial charge < -0.3 is 9.47 Å². The molecule has 0 aliphatic rings. The molecule has 0 unspecified atom stereocenters. The molecule has 0 aliphatic carbocycles. The first-order chi connectivity index (χ1) is 16.6. The quantitative estimate of drug-likeness (QED) is 0.233. The summed E-state index contributed by atoms with van der Waals surface area (Å²) in [5.41, 5.74) is 4.45. The first-order valence-electron chi connectivity index (χ1n) is 10.8. The van der Waals surface area contributed by atoms with Crippen molar-refractivity contribution >= 4 is 23.7 Å². The van der Waals surface area contributed by atoms with E-state index in [1.54, 1.807) is 62.8 Å². The van der Waals surface area contributed by atoms with E-state index < -0.39 is 0 Å². The molecule has 0 saturated carbocycles. The average molecular weight is 449 g/mol. The van der Waals surface area contributed by atoms with Crippen molar-refractivity contribution in [1.82, 2.24) is 0 Å². The van der Waals surface area contributed by atoms with Crippen LogP contribution in [0, 0.1) is 0 Å². The van der Waals surface area contributed by atoms with Crippen molar-refractivity contribution in [2.24, 2.45) is 0 Å². The number of carbonyl (C=O) groups excluding carboxylic acids is 2. The number of ketones is 2. The Labute approximate surface area is 199 Å². The van der Waals surface area contributed by atoms with Gasteiger partial charge in [0, 0.05) is 22.3 Å². The highest BCUT2D eigenvalue weighted by Crippen LogP contribution is 2.18. The van der Waals surface area contributed by atoms with Crippen LogP contribution in [0.5, 0.6) is 11.5 Å². The van der Waals surface area contributed by atoms with Gasteiger partial charge in [0.1, 0.15) is 11.5 Å². The fourth-order valence-corrected chi connectivity index (χ4v) is 3.50. The molecule has 0 radical (unpaired) electrons. The zero-order valence-corrected chi connectivity index (χ0v) is 19.0. The third-order valence-electron chi connectivity index (χ3n) is 5.52. The van der Waals surface area contributed by atoms with Crippen molar-refractivity contribution < 1.29 is 19.1 Å². The molecule has 0 fully saturated rings. The Morgan fingerprint density at radius 1 is 0.471 bits per heavy atom. The Morgan fingerprint density at radius 2 is 0.735 bits per heavy atom. The first kappa shape index (κ1) is 22.7. The van der Waals surface area contributed by atoms with E-state index in [9.17, 15) is 9.59 Å². The van der Waals surface area contributed by atoms with Crippen LogP contribution >= 0.6 is 0 Å². The Bertz CT molecular complexity index is 1190. The van der Waals surface area contributed by atoms with Crippen molar-refractivity contribution in [3.63, 3.8) is 0 Å². The van der Waals surface area contributed by atoms with Crippen molar-refractivity contribution in [2.45, 2.75) is 0 Å². The molecule has 0 heterocycles. The number of hydrogen-bond acceptors (Lipinski definition) is 4. The summed E-state index contributed by atoms with van der Waals surface area (Å²) in [5.74, 6) is 1.37. The van der Waals surface area contributed by atoms with Gasteiger partial charge in [-0.25, -0.2) is 0 Å². The van der Waals surface area contributed by atoms with Crippen LogP contribution in [-0.2, 0) is 0 Å². The zero-order valence-electron chi connectivity index (χ0n) is 19.0. The maximum atomic E-state index is 12.7. The lowest BCUT2D eigenvalue weighted by Gasteiger charge is -2.04. The van der Waals surface area contributed by atoms with Gasteiger partial charge in [-0.2, -0.15) is 0 Å². The van der Waals surface area contributed by atoms with E-state index in [1.165, 1.54) is 0 Å². The molecule has 0 aliphatic heterocycles. The topological polar surface area (TPSA) is 52.6 Å². The van der Waals surface area contributed by atoms with Gasteiger partial charge in [0.05, 0.1) is 14.2 Å². The smallest absolute Gasteiger partial charge is 0.193 e. The molecule has 0 bridgehead atoms. The number of benzene rings is 4. The zero-order chi connectivity index (χ0) is 23.9. The molecule has 0 spiro atoms. The minimum atomic E-state index is -0.0321. The number of carbonyl (C=O) groups is 2. The molecule has 0 atom stereocenters. The summed E-state index contributed by atoms with van der Waals surface area (Å²) >= 11 is 0. The van der Waals surface area contributed by atoms with Crippen molar-refractivity contribution in [3.8, 4) is 11.5 Å². The number of rotatable bonds is 8. The highest BCUT2D eigenvalue weighted by Gasteiger charge is 2.10. The van der Waals surface area contributed by atoms with Gasteiger partial charge in [0.2, 0.25) is 0 Å². The molecule has 4 heteroatoms. The van der Waals surface area contributed by atoms with Crippen LogP contribution < -0.4 is 9.47 Å². The molecular formula is C30H24O4. The van der Waals surface area contributed by atoms with Gasteiger partial charge in [-0.15, -0.1) is 0 Å².